The van der Waals surface area contributed by atoms with Gasteiger partial charge in [0.25, 0.3) is 0 Å². The van der Waals surface area contributed by atoms with Crippen LogP contribution in [0.2, 0.25) is 0 Å². The molecule has 5 rings (SSSR count). The van der Waals surface area contributed by atoms with E-state index in [9.17, 15) is 0 Å². The number of aryl methyl sites for hydroxylation is 1. The maximum atomic E-state index is 4.65. The van der Waals surface area contributed by atoms with Crippen LogP contribution < -0.4 is 9.80 Å². The maximum absolute atomic E-state index is 4.65. The molecule has 0 radical (unpaired) electrons. The molecule has 0 unspecified atom stereocenters. The molecule has 0 aliphatic carbocycles. The topological polar surface area (TPSA) is 62.5 Å². The molecule has 0 bridgehead atoms. The van der Waals surface area contributed by atoms with Gasteiger partial charge in [0.05, 0.1) is 11.7 Å². The van der Waals surface area contributed by atoms with E-state index in [4.69, 9.17) is 0 Å². The lowest BCUT2D eigenvalue weighted by Gasteiger charge is -2.37. The predicted octanol–water partition coefficient (Wildman–Crippen LogP) is 2.56. The van der Waals surface area contributed by atoms with Crippen LogP contribution >= 0.6 is 0 Å². The van der Waals surface area contributed by atoms with Gasteiger partial charge in [-0.15, -0.1) is 0 Å². The molecule has 0 amide bonds. The van der Waals surface area contributed by atoms with E-state index in [1.165, 1.54) is 0 Å². The fourth-order valence-corrected chi connectivity index (χ4v) is 3.74. The number of para-hydroxylation sites is 1. The summed E-state index contributed by atoms with van der Waals surface area (Å²) in [7, 11) is 0. The Morgan fingerprint density at radius 2 is 1.78 bits per heavy atom. The summed E-state index contributed by atoms with van der Waals surface area (Å²) in [4.78, 5) is 18.3. The third-order valence-electron chi connectivity index (χ3n) is 5.18. The first-order chi connectivity index (χ1) is 13.3. The first-order valence-corrected chi connectivity index (χ1v) is 9.37. The van der Waals surface area contributed by atoms with E-state index in [0.29, 0.717) is 0 Å². The largest absolute Gasteiger partial charge is 0.353 e. The lowest BCUT2D eigenvalue weighted by atomic mass is 10.2. The fourth-order valence-electron chi connectivity index (χ4n) is 3.74. The number of hydrogen-bond acceptors (Lipinski definition) is 6. The van der Waals surface area contributed by atoms with Crippen molar-refractivity contribution in [3.63, 3.8) is 0 Å². The molecule has 1 fully saturated rings. The highest BCUT2D eigenvalue weighted by atomic mass is 15.4. The van der Waals surface area contributed by atoms with E-state index in [0.717, 1.165) is 66.5 Å². The van der Waals surface area contributed by atoms with Crippen molar-refractivity contribution in [2.24, 2.45) is 0 Å². The van der Waals surface area contributed by atoms with Crippen LogP contribution in [-0.4, -0.2) is 50.7 Å². The Morgan fingerprint density at radius 3 is 2.63 bits per heavy atom. The molecule has 4 heterocycles. The van der Waals surface area contributed by atoms with Crippen LogP contribution in [0.3, 0.4) is 0 Å². The van der Waals surface area contributed by atoms with E-state index >= 15 is 0 Å². The van der Waals surface area contributed by atoms with Crippen LogP contribution in [0, 0.1) is 0 Å². The van der Waals surface area contributed by atoms with E-state index in [2.05, 4.69) is 48.9 Å². The van der Waals surface area contributed by atoms with Gasteiger partial charge in [0.2, 0.25) is 0 Å². The van der Waals surface area contributed by atoms with Crippen molar-refractivity contribution in [2.75, 3.05) is 36.0 Å². The quantitative estimate of drug-likeness (QED) is 0.560. The summed E-state index contributed by atoms with van der Waals surface area (Å²) in [5.74, 6) is 2.14. The van der Waals surface area contributed by atoms with E-state index in [1.807, 2.05) is 35.0 Å². The molecular formula is C20H21N7. The van der Waals surface area contributed by atoms with Crippen LogP contribution in [-0.2, 0) is 6.42 Å². The molecule has 1 aliphatic rings. The summed E-state index contributed by atoms with van der Waals surface area (Å²) in [6.45, 7) is 5.79. The van der Waals surface area contributed by atoms with Crippen molar-refractivity contribution >= 4 is 28.2 Å². The lowest BCUT2D eigenvalue weighted by Crippen LogP contribution is -2.47. The SMILES string of the molecule is CCc1cc(N2CCN(c3ncnc4ccccc34)CC2)n2nccc2n1. The molecule has 7 nitrogen and oxygen atoms in total. The summed E-state index contributed by atoms with van der Waals surface area (Å²) < 4.78 is 1.94. The molecule has 27 heavy (non-hydrogen) atoms. The van der Waals surface area contributed by atoms with Gasteiger partial charge in [-0.05, 0) is 18.6 Å². The fraction of sp³-hybridized carbons (Fsp3) is 0.300. The van der Waals surface area contributed by atoms with Gasteiger partial charge in [-0.3, -0.25) is 0 Å². The van der Waals surface area contributed by atoms with Crippen LogP contribution in [0.25, 0.3) is 16.6 Å². The average Bonchev–Trinajstić information content (AvgIpc) is 3.21. The summed E-state index contributed by atoms with van der Waals surface area (Å²) in [6, 6.07) is 12.3. The van der Waals surface area contributed by atoms with Crippen molar-refractivity contribution in [3.8, 4) is 0 Å². The van der Waals surface area contributed by atoms with Crippen molar-refractivity contribution in [2.45, 2.75) is 13.3 Å². The van der Waals surface area contributed by atoms with Gasteiger partial charge in [0, 0.05) is 49.4 Å². The molecule has 7 heteroatoms. The summed E-state index contributed by atoms with van der Waals surface area (Å²) in [5, 5.41) is 5.58. The average molecular weight is 359 g/mol. The first kappa shape index (κ1) is 16.0. The number of hydrogen-bond donors (Lipinski definition) is 0. The van der Waals surface area contributed by atoms with Gasteiger partial charge in [0.1, 0.15) is 18.0 Å². The highest BCUT2D eigenvalue weighted by Crippen LogP contribution is 2.25. The zero-order valence-corrected chi connectivity index (χ0v) is 15.3. The molecule has 136 valence electrons. The second-order valence-corrected chi connectivity index (χ2v) is 6.75. The molecule has 0 N–H and O–H groups in total. The Hall–Kier alpha value is -3.22. The van der Waals surface area contributed by atoms with Gasteiger partial charge in [-0.1, -0.05) is 19.1 Å². The Bertz CT molecular complexity index is 1090. The monoisotopic (exact) mass is 359 g/mol. The number of rotatable bonds is 3. The summed E-state index contributed by atoms with van der Waals surface area (Å²) in [5.41, 5.74) is 3.00. The Morgan fingerprint density at radius 1 is 0.963 bits per heavy atom. The van der Waals surface area contributed by atoms with Gasteiger partial charge in [0.15, 0.2) is 5.65 Å². The molecule has 1 aromatic carbocycles. The van der Waals surface area contributed by atoms with E-state index in [-0.39, 0.29) is 0 Å². The maximum Gasteiger partial charge on any atom is 0.157 e. The van der Waals surface area contributed by atoms with Crippen LogP contribution in [0.4, 0.5) is 11.6 Å². The highest BCUT2D eigenvalue weighted by molar-refractivity contribution is 5.89. The second-order valence-electron chi connectivity index (χ2n) is 6.75. The highest BCUT2D eigenvalue weighted by Gasteiger charge is 2.22. The summed E-state index contributed by atoms with van der Waals surface area (Å²) >= 11 is 0. The molecule has 0 atom stereocenters. The second kappa shape index (κ2) is 6.50. The number of piperazine rings is 1. The number of nitrogens with zero attached hydrogens (tertiary/aromatic N) is 7. The van der Waals surface area contributed by atoms with Gasteiger partial charge in [-0.25, -0.2) is 15.0 Å². The van der Waals surface area contributed by atoms with Crippen molar-refractivity contribution in [1.29, 1.82) is 0 Å². The number of aromatic nitrogens is 5. The van der Waals surface area contributed by atoms with E-state index < -0.39 is 0 Å². The van der Waals surface area contributed by atoms with Crippen LogP contribution in [0.1, 0.15) is 12.6 Å². The van der Waals surface area contributed by atoms with Gasteiger partial charge in [-0.2, -0.15) is 9.61 Å². The Balaban J connectivity index is 1.43. The van der Waals surface area contributed by atoms with E-state index in [1.54, 1.807) is 6.33 Å². The molecule has 1 aliphatic heterocycles. The minimum atomic E-state index is 0.910. The third kappa shape index (κ3) is 2.75. The molecule has 3 aromatic heterocycles. The Kier molecular flexibility index (Phi) is 3.85. The third-order valence-corrected chi connectivity index (χ3v) is 5.18. The predicted molar refractivity (Wildman–Crippen MR) is 106 cm³/mol. The minimum Gasteiger partial charge on any atom is -0.353 e. The van der Waals surface area contributed by atoms with Crippen molar-refractivity contribution < 1.29 is 0 Å². The molecule has 0 saturated carbocycles. The molecular weight excluding hydrogens is 338 g/mol. The smallest absolute Gasteiger partial charge is 0.157 e. The minimum absolute atomic E-state index is 0.910. The number of benzene rings is 1. The first-order valence-electron chi connectivity index (χ1n) is 9.37. The zero-order valence-electron chi connectivity index (χ0n) is 15.3. The standard InChI is InChI=1S/C20H21N7/c1-2-15-13-19(27-18(24-15)7-8-23-27)25-9-11-26(12-10-25)20-16-5-3-4-6-17(16)21-14-22-20/h3-8,13-14H,2,9-12H2,1H3. The molecule has 0 spiro atoms. The van der Waals surface area contributed by atoms with Crippen LogP contribution in [0.5, 0.6) is 0 Å². The van der Waals surface area contributed by atoms with Crippen molar-refractivity contribution in [1.82, 2.24) is 24.6 Å². The lowest BCUT2D eigenvalue weighted by molar-refractivity contribution is 0.634. The normalized spacial score (nSPS) is 15.0. The number of fused-ring (bicyclic) bond motifs is 2. The zero-order chi connectivity index (χ0) is 18.2. The van der Waals surface area contributed by atoms with Gasteiger partial charge < -0.3 is 9.80 Å². The summed E-state index contributed by atoms with van der Waals surface area (Å²) in [6.07, 6.45) is 4.39. The van der Waals surface area contributed by atoms with Crippen LogP contribution in [0.15, 0.2) is 48.9 Å². The number of anilines is 2. The Labute approximate surface area is 157 Å². The van der Waals surface area contributed by atoms with Crippen molar-refractivity contribution in [3.05, 3.63) is 54.6 Å². The molecule has 4 aromatic rings. The van der Waals surface area contributed by atoms with Gasteiger partial charge >= 0.3 is 0 Å². The molecule has 1 saturated heterocycles.